The highest BCUT2D eigenvalue weighted by molar-refractivity contribution is 5.94. The lowest BCUT2D eigenvalue weighted by Gasteiger charge is -2.37. The maximum Gasteiger partial charge on any atom is 0.254 e. The highest BCUT2D eigenvalue weighted by Gasteiger charge is 2.34. The molecular formula is C15H20FNO2. The Morgan fingerprint density at radius 2 is 2.21 bits per heavy atom. The van der Waals surface area contributed by atoms with E-state index in [-0.39, 0.29) is 23.6 Å². The van der Waals surface area contributed by atoms with Gasteiger partial charge >= 0.3 is 0 Å². The minimum absolute atomic E-state index is 0.0107. The second-order valence-electron chi connectivity index (χ2n) is 5.36. The number of aryl methyl sites for hydroxylation is 1. The predicted octanol–water partition coefficient (Wildman–Crippen LogP) is 2.41. The molecule has 0 saturated heterocycles. The molecule has 1 aliphatic carbocycles. The lowest BCUT2D eigenvalue weighted by Crippen LogP contribution is -2.46. The molecule has 104 valence electrons. The van der Waals surface area contributed by atoms with Crippen LogP contribution in [0.4, 0.5) is 4.39 Å². The van der Waals surface area contributed by atoms with Crippen molar-refractivity contribution in [1.29, 1.82) is 0 Å². The number of nitrogens with one attached hydrogen (secondary N) is 1. The Labute approximate surface area is 112 Å². The van der Waals surface area contributed by atoms with Crippen molar-refractivity contribution < 1.29 is 14.3 Å². The van der Waals surface area contributed by atoms with E-state index >= 15 is 0 Å². The first-order chi connectivity index (χ1) is 9.01. The van der Waals surface area contributed by atoms with Crippen molar-refractivity contribution in [2.75, 3.05) is 0 Å². The normalized spacial score (nSPS) is 23.6. The molecule has 0 aromatic heterocycles. The molecule has 1 saturated carbocycles. The van der Waals surface area contributed by atoms with E-state index in [1.165, 1.54) is 12.1 Å². The Hall–Kier alpha value is -1.42. The van der Waals surface area contributed by atoms with Crippen LogP contribution >= 0.6 is 0 Å². The number of benzene rings is 1. The summed E-state index contributed by atoms with van der Waals surface area (Å²) in [6, 6.07) is 4.62. The van der Waals surface area contributed by atoms with Crippen molar-refractivity contribution in [3.63, 3.8) is 0 Å². The highest BCUT2D eigenvalue weighted by atomic mass is 19.1. The summed E-state index contributed by atoms with van der Waals surface area (Å²) in [7, 11) is 0. The molecule has 4 heteroatoms. The van der Waals surface area contributed by atoms with Gasteiger partial charge < -0.3 is 10.4 Å². The number of aliphatic hydroxyl groups excluding tert-OH is 1. The van der Waals surface area contributed by atoms with Crippen LogP contribution in [-0.2, 0) is 0 Å². The van der Waals surface area contributed by atoms with Gasteiger partial charge in [-0.2, -0.15) is 0 Å². The van der Waals surface area contributed by atoms with Crippen molar-refractivity contribution in [3.05, 3.63) is 35.1 Å². The van der Waals surface area contributed by atoms with E-state index in [1.54, 1.807) is 13.0 Å². The van der Waals surface area contributed by atoms with E-state index in [2.05, 4.69) is 5.32 Å². The predicted molar refractivity (Wildman–Crippen MR) is 71.4 cm³/mol. The average molecular weight is 265 g/mol. The SMILES string of the molecule is CCC(NC(=O)c1ccc(C)cc1F)C1CC(O)C1. The van der Waals surface area contributed by atoms with E-state index < -0.39 is 5.82 Å². The van der Waals surface area contributed by atoms with Crippen LogP contribution in [-0.4, -0.2) is 23.2 Å². The van der Waals surface area contributed by atoms with Crippen molar-refractivity contribution in [1.82, 2.24) is 5.32 Å². The van der Waals surface area contributed by atoms with E-state index in [0.29, 0.717) is 5.92 Å². The zero-order chi connectivity index (χ0) is 14.0. The van der Waals surface area contributed by atoms with Gasteiger partial charge in [0.1, 0.15) is 5.82 Å². The van der Waals surface area contributed by atoms with Crippen molar-refractivity contribution >= 4 is 5.91 Å². The Bertz CT molecular complexity index is 469. The monoisotopic (exact) mass is 265 g/mol. The molecule has 3 nitrogen and oxygen atoms in total. The number of carbonyl (C=O) groups is 1. The Morgan fingerprint density at radius 1 is 1.53 bits per heavy atom. The molecule has 2 N–H and O–H groups in total. The first-order valence-corrected chi connectivity index (χ1v) is 6.76. The number of rotatable bonds is 4. The lowest BCUT2D eigenvalue weighted by molar-refractivity contribution is 0.0232. The number of carbonyl (C=O) groups excluding carboxylic acids is 1. The number of halogens is 1. The fraction of sp³-hybridized carbons (Fsp3) is 0.533. The molecule has 1 unspecified atom stereocenters. The molecule has 19 heavy (non-hydrogen) atoms. The summed E-state index contributed by atoms with van der Waals surface area (Å²) < 4.78 is 13.7. The van der Waals surface area contributed by atoms with Gasteiger partial charge in [-0.25, -0.2) is 4.39 Å². The maximum absolute atomic E-state index is 13.7. The minimum Gasteiger partial charge on any atom is -0.393 e. The van der Waals surface area contributed by atoms with E-state index in [0.717, 1.165) is 24.8 Å². The topological polar surface area (TPSA) is 49.3 Å². The molecule has 1 aromatic rings. The highest BCUT2D eigenvalue weighted by Crippen LogP contribution is 2.31. The van der Waals surface area contributed by atoms with Crippen LogP contribution in [0.2, 0.25) is 0 Å². The molecule has 2 rings (SSSR count). The van der Waals surface area contributed by atoms with E-state index in [4.69, 9.17) is 0 Å². The second-order valence-corrected chi connectivity index (χ2v) is 5.36. The number of hydrogen-bond donors (Lipinski definition) is 2. The van der Waals surface area contributed by atoms with Gasteiger partial charge in [-0.15, -0.1) is 0 Å². The van der Waals surface area contributed by atoms with Crippen LogP contribution in [0.5, 0.6) is 0 Å². The maximum atomic E-state index is 13.7. The van der Waals surface area contributed by atoms with Crippen LogP contribution < -0.4 is 5.32 Å². The van der Waals surface area contributed by atoms with Crippen LogP contribution in [0.15, 0.2) is 18.2 Å². The van der Waals surface area contributed by atoms with Crippen LogP contribution in [0.3, 0.4) is 0 Å². The summed E-state index contributed by atoms with van der Waals surface area (Å²) in [5, 5.41) is 12.2. The molecule has 0 bridgehead atoms. The summed E-state index contributed by atoms with van der Waals surface area (Å²) in [4.78, 5) is 12.1. The van der Waals surface area contributed by atoms with Crippen molar-refractivity contribution in [2.45, 2.75) is 45.3 Å². The molecule has 1 aromatic carbocycles. The van der Waals surface area contributed by atoms with Gasteiger partial charge in [0.15, 0.2) is 0 Å². The summed E-state index contributed by atoms with van der Waals surface area (Å²) >= 11 is 0. The molecule has 1 atom stereocenters. The first-order valence-electron chi connectivity index (χ1n) is 6.76. The van der Waals surface area contributed by atoms with Gasteiger partial charge in [0.05, 0.1) is 11.7 Å². The Morgan fingerprint density at radius 3 is 2.74 bits per heavy atom. The minimum atomic E-state index is -0.485. The largest absolute Gasteiger partial charge is 0.393 e. The molecule has 0 heterocycles. The zero-order valence-electron chi connectivity index (χ0n) is 11.3. The average Bonchev–Trinajstić information content (AvgIpc) is 2.32. The van der Waals surface area contributed by atoms with Gasteiger partial charge in [0.25, 0.3) is 5.91 Å². The second kappa shape index (κ2) is 5.70. The number of aliphatic hydroxyl groups is 1. The quantitative estimate of drug-likeness (QED) is 0.878. The smallest absolute Gasteiger partial charge is 0.254 e. The molecule has 1 amide bonds. The third kappa shape index (κ3) is 3.13. The Kier molecular flexibility index (Phi) is 4.20. The summed E-state index contributed by atoms with van der Waals surface area (Å²) in [5.41, 5.74) is 0.882. The fourth-order valence-corrected chi connectivity index (χ4v) is 2.56. The third-order valence-electron chi connectivity index (χ3n) is 3.84. The standard InChI is InChI=1S/C15H20FNO2/c1-3-14(10-7-11(18)8-10)17-15(19)12-5-4-9(2)6-13(12)16/h4-6,10-11,14,18H,3,7-8H2,1-2H3,(H,17,19). The zero-order valence-corrected chi connectivity index (χ0v) is 11.3. The van der Waals surface area contributed by atoms with Crippen LogP contribution in [0, 0.1) is 18.7 Å². The van der Waals surface area contributed by atoms with Gasteiger partial charge in [0.2, 0.25) is 0 Å². The third-order valence-corrected chi connectivity index (χ3v) is 3.84. The molecule has 0 radical (unpaired) electrons. The summed E-state index contributed by atoms with van der Waals surface area (Å²) in [5.74, 6) is -0.552. The molecule has 0 spiro atoms. The van der Waals surface area contributed by atoms with E-state index in [9.17, 15) is 14.3 Å². The van der Waals surface area contributed by atoms with Gasteiger partial charge in [0, 0.05) is 6.04 Å². The Balaban J connectivity index is 2.03. The first kappa shape index (κ1) is 14.0. The van der Waals surface area contributed by atoms with Gasteiger partial charge in [-0.05, 0) is 49.8 Å². The summed E-state index contributed by atoms with van der Waals surface area (Å²) in [6.07, 6.45) is 1.98. The fourth-order valence-electron chi connectivity index (χ4n) is 2.56. The molecule has 1 aliphatic rings. The lowest BCUT2D eigenvalue weighted by atomic mass is 9.76. The number of amides is 1. The van der Waals surface area contributed by atoms with Crippen LogP contribution in [0.25, 0.3) is 0 Å². The molecule has 0 aliphatic heterocycles. The molecule has 1 fully saturated rings. The van der Waals surface area contributed by atoms with Gasteiger partial charge in [-0.3, -0.25) is 4.79 Å². The van der Waals surface area contributed by atoms with Crippen molar-refractivity contribution in [3.8, 4) is 0 Å². The number of hydrogen-bond acceptors (Lipinski definition) is 2. The van der Waals surface area contributed by atoms with Gasteiger partial charge in [-0.1, -0.05) is 13.0 Å². The van der Waals surface area contributed by atoms with Crippen molar-refractivity contribution in [2.24, 2.45) is 5.92 Å². The molecular weight excluding hydrogens is 245 g/mol. The summed E-state index contributed by atoms with van der Waals surface area (Å²) in [6.45, 7) is 3.77. The van der Waals surface area contributed by atoms with Crippen LogP contribution in [0.1, 0.15) is 42.1 Å². The van der Waals surface area contributed by atoms with E-state index in [1.807, 2.05) is 6.92 Å².